The molecule has 0 spiro atoms. The van der Waals surface area contributed by atoms with E-state index in [1.165, 1.54) is 0 Å². The molecule has 6 heteroatoms. The molecule has 5 nitrogen and oxygen atoms in total. The molecule has 0 unspecified atom stereocenters. The number of piperazine rings is 1. The van der Waals surface area contributed by atoms with Gasteiger partial charge in [0, 0.05) is 26.2 Å². The molecule has 3 rings (SSSR count). The quantitative estimate of drug-likeness (QED) is 0.820. The summed E-state index contributed by atoms with van der Waals surface area (Å²) in [5.41, 5.74) is 2.70. The molecule has 2 aromatic rings. The van der Waals surface area contributed by atoms with Gasteiger partial charge in [-0.2, -0.15) is 0 Å². The maximum absolute atomic E-state index is 12.9. The van der Waals surface area contributed by atoms with Gasteiger partial charge in [-0.25, -0.2) is 8.42 Å². The molecule has 27 heavy (non-hydrogen) atoms. The molecule has 1 heterocycles. The van der Waals surface area contributed by atoms with Crippen molar-refractivity contribution in [1.82, 2.24) is 4.90 Å². The molecule has 1 aliphatic heterocycles. The van der Waals surface area contributed by atoms with E-state index in [9.17, 15) is 8.42 Å². The van der Waals surface area contributed by atoms with Crippen LogP contribution >= 0.6 is 0 Å². The van der Waals surface area contributed by atoms with E-state index in [2.05, 4.69) is 35.3 Å². The van der Waals surface area contributed by atoms with Crippen LogP contribution in [0, 0.1) is 0 Å². The van der Waals surface area contributed by atoms with Crippen molar-refractivity contribution in [3.63, 3.8) is 0 Å². The fourth-order valence-electron chi connectivity index (χ4n) is 3.38. The van der Waals surface area contributed by atoms with E-state index in [1.807, 2.05) is 36.4 Å². The van der Waals surface area contributed by atoms with Gasteiger partial charge >= 0.3 is 0 Å². The minimum Gasteiger partial charge on any atom is -0.367 e. The van der Waals surface area contributed by atoms with Gasteiger partial charge in [-0.15, -0.1) is 0 Å². The second kappa shape index (κ2) is 8.31. The fraction of sp³-hybridized carbons (Fsp3) is 0.429. The third kappa shape index (κ3) is 4.62. The average molecular weight is 388 g/mol. The number of para-hydroxylation sites is 2. The number of nitrogens with zero attached hydrogens (tertiary/aromatic N) is 2. The predicted molar refractivity (Wildman–Crippen MR) is 112 cm³/mol. The van der Waals surface area contributed by atoms with Crippen LogP contribution in [0.4, 0.5) is 11.4 Å². The van der Waals surface area contributed by atoms with Crippen LogP contribution < -0.4 is 9.62 Å². The molecule has 1 fully saturated rings. The Kier molecular flexibility index (Phi) is 6.07. The van der Waals surface area contributed by atoms with E-state index < -0.39 is 10.0 Å². The lowest BCUT2D eigenvalue weighted by Crippen LogP contribution is -2.46. The number of benzene rings is 2. The van der Waals surface area contributed by atoms with Crippen molar-refractivity contribution in [2.75, 3.05) is 42.3 Å². The topological polar surface area (TPSA) is 52.6 Å². The largest absolute Gasteiger partial charge is 0.367 e. The van der Waals surface area contributed by atoms with Crippen molar-refractivity contribution in [2.24, 2.45) is 0 Å². The normalized spacial score (nSPS) is 15.9. The van der Waals surface area contributed by atoms with Gasteiger partial charge in [-0.3, -0.25) is 4.72 Å². The highest BCUT2D eigenvalue weighted by atomic mass is 32.2. The Balaban J connectivity index is 1.81. The zero-order valence-corrected chi connectivity index (χ0v) is 17.2. The van der Waals surface area contributed by atoms with E-state index in [1.54, 1.807) is 12.1 Å². The van der Waals surface area contributed by atoms with Crippen molar-refractivity contribution >= 4 is 21.4 Å². The molecular weight excluding hydrogens is 358 g/mol. The summed E-state index contributed by atoms with van der Waals surface area (Å²) in [4.78, 5) is 4.95. The van der Waals surface area contributed by atoms with Crippen molar-refractivity contribution < 1.29 is 8.42 Å². The van der Waals surface area contributed by atoms with Gasteiger partial charge in [0.25, 0.3) is 10.0 Å². The van der Waals surface area contributed by atoms with Crippen LogP contribution in [0.15, 0.2) is 53.4 Å². The Morgan fingerprint density at radius 1 is 0.963 bits per heavy atom. The van der Waals surface area contributed by atoms with E-state index in [0.29, 0.717) is 11.6 Å². The Morgan fingerprint density at radius 3 is 2.19 bits per heavy atom. The monoisotopic (exact) mass is 387 g/mol. The molecule has 0 amide bonds. The number of sulfonamides is 1. The van der Waals surface area contributed by atoms with Crippen LogP contribution in [0.1, 0.15) is 32.3 Å². The highest BCUT2D eigenvalue weighted by molar-refractivity contribution is 7.92. The molecule has 0 bridgehead atoms. The van der Waals surface area contributed by atoms with Crippen molar-refractivity contribution in [2.45, 2.75) is 31.6 Å². The second-order valence-electron chi connectivity index (χ2n) is 7.27. The summed E-state index contributed by atoms with van der Waals surface area (Å²) in [6, 6.07) is 14.8. The molecule has 0 radical (unpaired) electrons. The SMILES string of the molecule is CCN1CCN(c2ccccc2NS(=O)(=O)c2ccc(C(C)C)cc2)CC1. The standard InChI is InChI=1S/C21H29N3O2S/c1-4-23-13-15-24(16-14-23)21-8-6-5-7-20(21)22-27(25,26)19-11-9-18(10-12-19)17(2)3/h5-12,17,22H,4,13-16H2,1-3H3. The van der Waals surface area contributed by atoms with Gasteiger partial charge in [0.15, 0.2) is 0 Å². The first-order valence-electron chi connectivity index (χ1n) is 9.60. The van der Waals surface area contributed by atoms with Crippen LogP contribution in [0.2, 0.25) is 0 Å². The summed E-state index contributed by atoms with van der Waals surface area (Å²) in [6.07, 6.45) is 0. The summed E-state index contributed by atoms with van der Waals surface area (Å²) in [7, 11) is -3.62. The summed E-state index contributed by atoms with van der Waals surface area (Å²) in [6.45, 7) is 11.2. The predicted octanol–water partition coefficient (Wildman–Crippen LogP) is 3.75. The first-order chi connectivity index (χ1) is 12.9. The maximum Gasteiger partial charge on any atom is 0.261 e. The summed E-state index contributed by atoms with van der Waals surface area (Å²) >= 11 is 0. The van der Waals surface area contributed by atoms with E-state index in [-0.39, 0.29) is 4.90 Å². The van der Waals surface area contributed by atoms with Gasteiger partial charge in [-0.1, -0.05) is 45.0 Å². The van der Waals surface area contributed by atoms with Gasteiger partial charge in [-0.05, 0) is 42.3 Å². The Bertz CT molecular complexity index is 855. The summed E-state index contributed by atoms with van der Waals surface area (Å²) in [5.74, 6) is 0.372. The smallest absolute Gasteiger partial charge is 0.261 e. The zero-order valence-electron chi connectivity index (χ0n) is 16.4. The van der Waals surface area contributed by atoms with Crippen molar-refractivity contribution in [3.05, 3.63) is 54.1 Å². The lowest BCUT2D eigenvalue weighted by atomic mass is 10.0. The summed E-state index contributed by atoms with van der Waals surface area (Å²) in [5, 5.41) is 0. The number of nitrogens with one attached hydrogen (secondary N) is 1. The minimum atomic E-state index is -3.62. The van der Waals surface area contributed by atoms with Gasteiger partial charge in [0.05, 0.1) is 16.3 Å². The molecule has 0 aromatic heterocycles. The van der Waals surface area contributed by atoms with Crippen molar-refractivity contribution in [1.29, 1.82) is 0 Å². The molecule has 2 aromatic carbocycles. The highest BCUT2D eigenvalue weighted by Gasteiger charge is 2.21. The van der Waals surface area contributed by atoms with Crippen LogP contribution in [-0.2, 0) is 10.0 Å². The van der Waals surface area contributed by atoms with Crippen LogP contribution in [-0.4, -0.2) is 46.0 Å². The average Bonchev–Trinajstić information content (AvgIpc) is 2.68. The number of anilines is 2. The zero-order chi connectivity index (χ0) is 19.4. The third-order valence-corrected chi connectivity index (χ3v) is 6.55. The lowest BCUT2D eigenvalue weighted by Gasteiger charge is -2.36. The molecular formula is C21H29N3O2S. The Labute approximate surface area is 163 Å². The molecule has 146 valence electrons. The fourth-order valence-corrected chi connectivity index (χ4v) is 4.45. The van der Waals surface area contributed by atoms with Gasteiger partial charge in [0.1, 0.15) is 0 Å². The number of hydrogen-bond donors (Lipinski definition) is 1. The number of likely N-dealkylation sites (N-methyl/N-ethyl adjacent to an activating group) is 1. The molecule has 0 saturated carbocycles. The molecule has 1 N–H and O–H groups in total. The van der Waals surface area contributed by atoms with E-state index in [0.717, 1.165) is 44.0 Å². The number of rotatable bonds is 6. The van der Waals surface area contributed by atoms with E-state index >= 15 is 0 Å². The molecule has 1 saturated heterocycles. The summed E-state index contributed by atoms with van der Waals surface area (Å²) < 4.78 is 28.5. The Hall–Kier alpha value is -2.05. The minimum absolute atomic E-state index is 0.289. The number of hydrogen-bond acceptors (Lipinski definition) is 4. The molecule has 0 aliphatic carbocycles. The van der Waals surface area contributed by atoms with Crippen LogP contribution in [0.25, 0.3) is 0 Å². The van der Waals surface area contributed by atoms with Crippen LogP contribution in [0.5, 0.6) is 0 Å². The van der Waals surface area contributed by atoms with Crippen molar-refractivity contribution in [3.8, 4) is 0 Å². The second-order valence-corrected chi connectivity index (χ2v) is 8.95. The maximum atomic E-state index is 12.9. The lowest BCUT2D eigenvalue weighted by molar-refractivity contribution is 0.271. The highest BCUT2D eigenvalue weighted by Crippen LogP contribution is 2.29. The first-order valence-corrected chi connectivity index (χ1v) is 11.1. The van der Waals surface area contributed by atoms with Gasteiger partial charge in [0.2, 0.25) is 0 Å². The molecule has 0 atom stereocenters. The third-order valence-electron chi connectivity index (χ3n) is 5.17. The Morgan fingerprint density at radius 2 is 1.59 bits per heavy atom. The molecule has 1 aliphatic rings. The van der Waals surface area contributed by atoms with E-state index in [4.69, 9.17) is 0 Å². The van der Waals surface area contributed by atoms with Crippen LogP contribution in [0.3, 0.4) is 0 Å². The first kappa shape index (κ1) is 19.7. The van der Waals surface area contributed by atoms with Gasteiger partial charge < -0.3 is 9.80 Å².